The Morgan fingerprint density at radius 2 is 1.48 bits per heavy atom. The van der Waals surface area contributed by atoms with Crippen LogP contribution in [0.1, 0.15) is 31.1 Å². The molecule has 0 atom stereocenters. The lowest BCUT2D eigenvalue weighted by Crippen LogP contribution is -2.54. The van der Waals surface area contributed by atoms with Crippen LogP contribution in [0.2, 0.25) is 0 Å². The van der Waals surface area contributed by atoms with Gasteiger partial charge in [-0.3, -0.25) is 9.69 Å². The molecule has 1 amide bonds. The van der Waals surface area contributed by atoms with Crippen molar-refractivity contribution in [3.8, 4) is 16.9 Å². The van der Waals surface area contributed by atoms with Crippen LogP contribution in [-0.2, 0) is 0 Å². The highest BCUT2D eigenvalue weighted by molar-refractivity contribution is 5.95. The van der Waals surface area contributed by atoms with Crippen molar-refractivity contribution < 1.29 is 22.7 Å². The lowest BCUT2D eigenvalue weighted by molar-refractivity contribution is -0.274. The van der Waals surface area contributed by atoms with Crippen LogP contribution in [0, 0.1) is 0 Å². The third kappa shape index (κ3) is 5.50. The molecule has 0 aromatic heterocycles. The molecule has 1 aliphatic heterocycles. The summed E-state index contributed by atoms with van der Waals surface area (Å²) in [5, 5.41) is 0. The predicted molar refractivity (Wildman–Crippen MR) is 106 cm³/mol. The molecule has 1 saturated heterocycles. The molecular weight excluding hydrogens is 381 g/mol. The molecule has 1 aliphatic rings. The number of rotatable bonds is 3. The van der Waals surface area contributed by atoms with E-state index in [-0.39, 0.29) is 17.2 Å². The normalized spacial score (nSPS) is 16.0. The highest BCUT2D eigenvalue weighted by Gasteiger charge is 2.31. The number of benzene rings is 2. The van der Waals surface area contributed by atoms with E-state index in [1.54, 1.807) is 30.3 Å². The second-order valence-electron chi connectivity index (χ2n) is 8.11. The number of ether oxygens (including phenoxy) is 1. The van der Waals surface area contributed by atoms with Crippen molar-refractivity contribution in [2.45, 2.75) is 32.7 Å². The quantitative estimate of drug-likeness (QED) is 0.734. The van der Waals surface area contributed by atoms with Gasteiger partial charge in [0.1, 0.15) is 5.75 Å². The molecule has 0 aliphatic carbocycles. The van der Waals surface area contributed by atoms with Crippen LogP contribution < -0.4 is 4.74 Å². The van der Waals surface area contributed by atoms with Crippen LogP contribution in [0.15, 0.2) is 48.5 Å². The third-order valence-corrected chi connectivity index (χ3v) is 5.03. The number of halogens is 3. The van der Waals surface area contributed by atoms with Gasteiger partial charge in [0.05, 0.1) is 0 Å². The molecule has 1 heterocycles. The van der Waals surface area contributed by atoms with Crippen molar-refractivity contribution in [1.82, 2.24) is 9.80 Å². The van der Waals surface area contributed by atoms with Crippen LogP contribution in [0.25, 0.3) is 11.1 Å². The summed E-state index contributed by atoms with van der Waals surface area (Å²) < 4.78 is 41.4. The van der Waals surface area contributed by atoms with Gasteiger partial charge in [0, 0.05) is 37.3 Å². The van der Waals surface area contributed by atoms with E-state index in [0.717, 1.165) is 13.1 Å². The summed E-state index contributed by atoms with van der Waals surface area (Å²) in [7, 11) is 0. The fourth-order valence-electron chi connectivity index (χ4n) is 3.47. The van der Waals surface area contributed by atoms with E-state index in [1.807, 2.05) is 4.90 Å². The van der Waals surface area contributed by atoms with Crippen molar-refractivity contribution in [3.05, 3.63) is 54.1 Å². The summed E-state index contributed by atoms with van der Waals surface area (Å²) in [6, 6.07) is 12.7. The first-order valence-electron chi connectivity index (χ1n) is 9.53. The molecule has 2 aromatic carbocycles. The van der Waals surface area contributed by atoms with E-state index >= 15 is 0 Å². The minimum atomic E-state index is -4.74. The molecule has 7 heteroatoms. The fourth-order valence-corrected chi connectivity index (χ4v) is 3.47. The zero-order valence-corrected chi connectivity index (χ0v) is 16.8. The maximum atomic E-state index is 12.9. The number of alkyl halides is 3. The van der Waals surface area contributed by atoms with Gasteiger partial charge in [-0.05, 0) is 56.2 Å². The summed E-state index contributed by atoms with van der Waals surface area (Å²) >= 11 is 0. The van der Waals surface area contributed by atoms with E-state index in [9.17, 15) is 18.0 Å². The number of hydrogen-bond acceptors (Lipinski definition) is 3. The second kappa shape index (κ2) is 8.06. The molecule has 4 nitrogen and oxygen atoms in total. The average Bonchev–Trinajstić information content (AvgIpc) is 2.66. The first-order valence-corrected chi connectivity index (χ1v) is 9.53. The zero-order valence-electron chi connectivity index (χ0n) is 16.8. The summed E-state index contributed by atoms with van der Waals surface area (Å²) in [6.07, 6.45) is -4.74. The molecule has 156 valence electrons. The van der Waals surface area contributed by atoms with Gasteiger partial charge in [0.15, 0.2) is 0 Å². The number of piperazine rings is 1. The van der Waals surface area contributed by atoms with E-state index in [2.05, 4.69) is 30.4 Å². The van der Waals surface area contributed by atoms with Crippen LogP contribution >= 0.6 is 0 Å². The van der Waals surface area contributed by atoms with Gasteiger partial charge in [-0.25, -0.2) is 0 Å². The van der Waals surface area contributed by atoms with Crippen LogP contribution in [0.4, 0.5) is 13.2 Å². The predicted octanol–water partition coefficient (Wildman–Crippen LogP) is 4.81. The van der Waals surface area contributed by atoms with Crippen molar-refractivity contribution >= 4 is 5.91 Å². The number of amides is 1. The summed E-state index contributed by atoms with van der Waals surface area (Å²) in [5.74, 6) is -0.354. The van der Waals surface area contributed by atoms with Gasteiger partial charge in [-0.2, -0.15) is 0 Å². The first-order chi connectivity index (χ1) is 13.5. The van der Waals surface area contributed by atoms with Crippen molar-refractivity contribution in [2.24, 2.45) is 0 Å². The van der Waals surface area contributed by atoms with Gasteiger partial charge in [-0.15, -0.1) is 13.2 Å². The van der Waals surface area contributed by atoms with Crippen molar-refractivity contribution in [1.29, 1.82) is 0 Å². The molecule has 0 saturated carbocycles. The maximum absolute atomic E-state index is 12.9. The Labute approximate surface area is 168 Å². The van der Waals surface area contributed by atoms with E-state index < -0.39 is 6.36 Å². The molecule has 0 N–H and O–H groups in total. The molecule has 0 radical (unpaired) electrons. The van der Waals surface area contributed by atoms with E-state index in [0.29, 0.717) is 29.8 Å². The monoisotopic (exact) mass is 406 g/mol. The lowest BCUT2D eigenvalue weighted by atomic mass is 10.0. The van der Waals surface area contributed by atoms with Crippen LogP contribution in [0.3, 0.4) is 0 Å². The molecule has 0 bridgehead atoms. The van der Waals surface area contributed by atoms with Crippen molar-refractivity contribution in [3.63, 3.8) is 0 Å². The molecule has 29 heavy (non-hydrogen) atoms. The molecule has 1 fully saturated rings. The van der Waals surface area contributed by atoms with E-state index in [4.69, 9.17) is 0 Å². The average molecular weight is 406 g/mol. The van der Waals surface area contributed by atoms with Gasteiger partial charge in [0.25, 0.3) is 5.91 Å². The first kappa shape index (κ1) is 21.2. The van der Waals surface area contributed by atoms with Crippen molar-refractivity contribution in [2.75, 3.05) is 26.2 Å². The van der Waals surface area contributed by atoms with Gasteiger partial charge in [0.2, 0.25) is 0 Å². The van der Waals surface area contributed by atoms with Gasteiger partial charge >= 0.3 is 6.36 Å². The fraction of sp³-hybridized carbons (Fsp3) is 0.409. The second-order valence-corrected chi connectivity index (χ2v) is 8.11. The molecule has 0 unspecified atom stereocenters. The van der Waals surface area contributed by atoms with Gasteiger partial charge in [-0.1, -0.05) is 24.3 Å². The minimum Gasteiger partial charge on any atom is -0.406 e. The van der Waals surface area contributed by atoms with Gasteiger partial charge < -0.3 is 9.64 Å². The number of carbonyl (C=O) groups is 1. The number of nitrogens with zero attached hydrogens (tertiary/aromatic N) is 2. The number of hydrogen-bond donors (Lipinski definition) is 0. The molecule has 0 spiro atoms. The Kier molecular flexibility index (Phi) is 5.89. The third-order valence-electron chi connectivity index (χ3n) is 5.03. The SMILES string of the molecule is CC(C)(C)N1CCN(C(=O)c2cccc(-c3cccc(OC(F)(F)F)c3)c2)CC1. The molecular formula is C22H25F3N2O2. The molecule has 3 rings (SSSR count). The largest absolute Gasteiger partial charge is 0.573 e. The number of carbonyl (C=O) groups excluding carboxylic acids is 1. The summed E-state index contributed by atoms with van der Waals surface area (Å²) in [5.41, 5.74) is 1.81. The zero-order chi connectivity index (χ0) is 21.2. The topological polar surface area (TPSA) is 32.8 Å². The smallest absolute Gasteiger partial charge is 0.406 e. The highest BCUT2D eigenvalue weighted by Crippen LogP contribution is 2.28. The van der Waals surface area contributed by atoms with Crippen LogP contribution in [0.5, 0.6) is 5.75 Å². The Balaban J connectivity index is 1.75. The minimum absolute atomic E-state index is 0.0666. The van der Waals surface area contributed by atoms with Crippen LogP contribution in [-0.4, -0.2) is 53.8 Å². The Morgan fingerprint density at radius 1 is 0.897 bits per heavy atom. The Morgan fingerprint density at radius 3 is 2.07 bits per heavy atom. The summed E-state index contributed by atoms with van der Waals surface area (Å²) in [4.78, 5) is 17.1. The Bertz CT molecular complexity index is 867. The highest BCUT2D eigenvalue weighted by atomic mass is 19.4. The standard InChI is InChI=1S/C22H25F3N2O2/c1-21(2,3)27-12-10-26(11-13-27)20(28)18-8-4-6-16(14-18)17-7-5-9-19(15-17)29-22(23,24)25/h4-9,14-15H,10-13H2,1-3H3. The maximum Gasteiger partial charge on any atom is 0.573 e. The molecule has 2 aromatic rings. The lowest BCUT2D eigenvalue weighted by Gasteiger charge is -2.42. The van der Waals surface area contributed by atoms with E-state index in [1.165, 1.54) is 18.2 Å². The summed E-state index contributed by atoms with van der Waals surface area (Å²) in [6.45, 7) is 9.39. The Hall–Kier alpha value is -2.54.